The van der Waals surface area contributed by atoms with Crippen LogP contribution in [0.1, 0.15) is 53.5 Å². The monoisotopic (exact) mass is 391 g/mol. The molecule has 0 unspecified atom stereocenters. The Morgan fingerprint density at radius 1 is 1.17 bits per heavy atom. The molecule has 3 aromatic rings. The Hall–Kier alpha value is -3.28. The molecule has 2 N–H and O–H groups in total. The molecule has 0 bridgehead atoms. The zero-order valence-electron chi connectivity index (χ0n) is 17.1. The first-order valence-electron chi connectivity index (χ1n) is 9.73. The number of hydrogen-bond donors (Lipinski definition) is 2. The van der Waals surface area contributed by atoms with E-state index in [0.717, 1.165) is 17.0 Å². The number of aromatic nitrogens is 2. The predicted octanol–water partition coefficient (Wildman–Crippen LogP) is 3.81. The number of carbonyl (C=O) groups is 1. The van der Waals surface area contributed by atoms with Crippen molar-refractivity contribution in [1.29, 1.82) is 0 Å². The van der Waals surface area contributed by atoms with E-state index in [1.807, 2.05) is 45.0 Å². The van der Waals surface area contributed by atoms with E-state index in [4.69, 9.17) is 4.74 Å². The first kappa shape index (κ1) is 19.1. The van der Waals surface area contributed by atoms with E-state index < -0.39 is 0 Å². The number of benzene rings is 2. The number of para-hydroxylation sites is 1. The third-order valence-electron chi connectivity index (χ3n) is 5.41. The fourth-order valence-corrected chi connectivity index (χ4v) is 3.77. The van der Waals surface area contributed by atoms with E-state index in [-0.39, 0.29) is 23.1 Å². The predicted molar refractivity (Wildman–Crippen MR) is 112 cm³/mol. The van der Waals surface area contributed by atoms with Gasteiger partial charge in [-0.05, 0) is 52.0 Å². The van der Waals surface area contributed by atoms with Gasteiger partial charge in [-0.25, -0.2) is 4.68 Å². The highest BCUT2D eigenvalue weighted by Crippen LogP contribution is 2.39. The molecule has 6 nitrogen and oxygen atoms in total. The average Bonchev–Trinajstić information content (AvgIpc) is 2.94. The van der Waals surface area contributed by atoms with Gasteiger partial charge in [-0.2, -0.15) is 0 Å². The molecule has 0 saturated carbocycles. The van der Waals surface area contributed by atoms with Gasteiger partial charge in [0.1, 0.15) is 11.4 Å². The van der Waals surface area contributed by atoms with E-state index >= 15 is 0 Å². The molecule has 0 saturated heterocycles. The van der Waals surface area contributed by atoms with Crippen molar-refractivity contribution in [2.45, 2.75) is 45.8 Å². The molecule has 0 spiro atoms. The van der Waals surface area contributed by atoms with Crippen molar-refractivity contribution in [3.05, 3.63) is 81.3 Å². The zero-order valence-corrected chi connectivity index (χ0v) is 17.1. The number of ether oxygens (including phenoxy) is 1. The van der Waals surface area contributed by atoms with Crippen LogP contribution in [0.5, 0.6) is 5.75 Å². The average molecular weight is 391 g/mol. The summed E-state index contributed by atoms with van der Waals surface area (Å²) in [7, 11) is 0. The van der Waals surface area contributed by atoms with Gasteiger partial charge in [-0.3, -0.25) is 14.7 Å². The van der Waals surface area contributed by atoms with Gasteiger partial charge < -0.3 is 10.1 Å². The Labute approximate surface area is 169 Å². The second kappa shape index (κ2) is 6.95. The minimum Gasteiger partial charge on any atom is -0.487 e. The lowest BCUT2D eigenvalue weighted by molar-refractivity contribution is 0.0619. The van der Waals surface area contributed by atoms with Crippen molar-refractivity contribution >= 4 is 5.91 Å². The number of carbonyl (C=O) groups excluding carboxylic acids is 1. The number of H-pyrrole nitrogens is 1. The summed E-state index contributed by atoms with van der Waals surface area (Å²) < 4.78 is 7.51. The van der Waals surface area contributed by atoms with E-state index in [0.29, 0.717) is 23.2 Å². The molecule has 1 aromatic heterocycles. The van der Waals surface area contributed by atoms with Crippen molar-refractivity contribution in [2.75, 3.05) is 0 Å². The molecule has 1 aliphatic heterocycles. The normalized spacial score (nSPS) is 17.3. The highest BCUT2D eigenvalue weighted by molar-refractivity contribution is 5.95. The maximum Gasteiger partial charge on any atom is 0.274 e. The lowest BCUT2D eigenvalue weighted by atomic mass is 9.89. The van der Waals surface area contributed by atoms with Gasteiger partial charge in [-0.15, -0.1) is 0 Å². The largest absolute Gasteiger partial charge is 0.487 e. The van der Waals surface area contributed by atoms with Crippen LogP contribution < -0.4 is 15.6 Å². The molecular formula is C23H25N3O3. The van der Waals surface area contributed by atoms with Crippen LogP contribution in [0, 0.1) is 13.8 Å². The van der Waals surface area contributed by atoms with E-state index in [1.54, 1.807) is 31.2 Å². The Morgan fingerprint density at radius 3 is 2.66 bits per heavy atom. The summed E-state index contributed by atoms with van der Waals surface area (Å²) in [6, 6.07) is 14.7. The van der Waals surface area contributed by atoms with Crippen LogP contribution in [0.2, 0.25) is 0 Å². The fraction of sp³-hybridized carbons (Fsp3) is 0.304. The number of nitrogens with zero attached hydrogens (tertiary/aromatic N) is 1. The molecule has 2 heterocycles. The van der Waals surface area contributed by atoms with Crippen LogP contribution in [-0.4, -0.2) is 21.3 Å². The minimum absolute atomic E-state index is 0.111. The van der Waals surface area contributed by atoms with Crippen molar-refractivity contribution in [3.63, 3.8) is 0 Å². The quantitative estimate of drug-likeness (QED) is 0.713. The summed E-state index contributed by atoms with van der Waals surface area (Å²) in [5.41, 5.74) is 3.10. The van der Waals surface area contributed by atoms with Crippen LogP contribution >= 0.6 is 0 Å². The molecule has 2 aromatic carbocycles. The number of rotatable bonds is 3. The van der Waals surface area contributed by atoms with Gasteiger partial charge >= 0.3 is 0 Å². The summed E-state index contributed by atoms with van der Waals surface area (Å²) in [5, 5.41) is 6.20. The summed E-state index contributed by atoms with van der Waals surface area (Å²) in [4.78, 5) is 25.4. The number of aromatic amines is 1. The number of aryl methyl sites for hydroxylation is 1. The van der Waals surface area contributed by atoms with Crippen molar-refractivity contribution in [2.24, 2.45) is 0 Å². The number of nitrogens with one attached hydrogen (secondary N) is 2. The van der Waals surface area contributed by atoms with Gasteiger partial charge in [0.25, 0.3) is 11.5 Å². The van der Waals surface area contributed by atoms with Crippen LogP contribution in [0.3, 0.4) is 0 Å². The molecule has 150 valence electrons. The summed E-state index contributed by atoms with van der Waals surface area (Å²) in [5.74, 6) is 0.615. The first-order chi connectivity index (χ1) is 13.7. The van der Waals surface area contributed by atoms with Gasteiger partial charge in [0.05, 0.1) is 11.7 Å². The Kier molecular flexibility index (Phi) is 4.57. The van der Waals surface area contributed by atoms with Crippen LogP contribution in [0.25, 0.3) is 5.69 Å². The molecule has 4 rings (SSSR count). The maximum absolute atomic E-state index is 13.0. The number of amides is 1. The molecule has 0 aliphatic carbocycles. The molecule has 0 fully saturated rings. The smallest absolute Gasteiger partial charge is 0.274 e. The second-order valence-electron chi connectivity index (χ2n) is 8.18. The maximum atomic E-state index is 13.0. The summed E-state index contributed by atoms with van der Waals surface area (Å²) >= 11 is 0. The van der Waals surface area contributed by atoms with Gasteiger partial charge in [0, 0.05) is 28.8 Å². The Morgan fingerprint density at radius 2 is 1.93 bits per heavy atom. The van der Waals surface area contributed by atoms with E-state index in [1.165, 1.54) is 4.68 Å². The van der Waals surface area contributed by atoms with Crippen molar-refractivity contribution in [1.82, 2.24) is 15.1 Å². The lowest BCUT2D eigenvalue weighted by Gasteiger charge is -2.37. The first-order valence-corrected chi connectivity index (χ1v) is 9.73. The summed E-state index contributed by atoms with van der Waals surface area (Å²) in [6.07, 6.45) is 0.671. The Balaban J connectivity index is 1.63. The highest BCUT2D eigenvalue weighted by Gasteiger charge is 2.34. The molecule has 1 amide bonds. The Bertz CT molecular complexity index is 1140. The van der Waals surface area contributed by atoms with E-state index in [9.17, 15) is 9.59 Å². The lowest BCUT2D eigenvalue weighted by Crippen LogP contribution is -2.41. The SMILES string of the molecule is Cc1[nH]n(-c2cccc(C(=O)N[C@H]3CC(C)(C)Oc4ccccc43)c2)c(=O)c1C. The molecule has 0 radical (unpaired) electrons. The van der Waals surface area contributed by atoms with Crippen LogP contribution in [0.4, 0.5) is 0 Å². The van der Waals surface area contributed by atoms with Gasteiger partial charge in [-0.1, -0.05) is 24.3 Å². The highest BCUT2D eigenvalue weighted by atomic mass is 16.5. The van der Waals surface area contributed by atoms with Crippen molar-refractivity contribution in [3.8, 4) is 11.4 Å². The minimum atomic E-state index is -0.374. The topological polar surface area (TPSA) is 76.1 Å². The number of fused-ring (bicyclic) bond motifs is 1. The van der Waals surface area contributed by atoms with Crippen molar-refractivity contribution < 1.29 is 9.53 Å². The van der Waals surface area contributed by atoms with Crippen LogP contribution in [0.15, 0.2) is 53.3 Å². The molecule has 6 heteroatoms. The molecule has 29 heavy (non-hydrogen) atoms. The van der Waals surface area contributed by atoms with Crippen LogP contribution in [-0.2, 0) is 0 Å². The molecular weight excluding hydrogens is 366 g/mol. The number of hydrogen-bond acceptors (Lipinski definition) is 3. The summed E-state index contributed by atoms with van der Waals surface area (Å²) in [6.45, 7) is 7.68. The van der Waals surface area contributed by atoms with Gasteiger partial charge in [0.15, 0.2) is 0 Å². The van der Waals surface area contributed by atoms with Gasteiger partial charge in [0.2, 0.25) is 0 Å². The second-order valence-corrected chi connectivity index (χ2v) is 8.18. The molecule has 1 aliphatic rings. The third-order valence-corrected chi connectivity index (χ3v) is 5.41. The van der Waals surface area contributed by atoms with E-state index in [2.05, 4.69) is 10.4 Å². The fourth-order valence-electron chi connectivity index (χ4n) is 3.77. The zero-order chi connectivity index (χ0) is 20.8. The third kappa shape index (κ3) is 3.58. The standard InChI is InChI=1S/C23H25N3O3/c1-14-15(2)25-26(22(14)28)17-9-7-8-16(12-17)21(27)24-19-13-23(3,4)29-20-11-6-5-10-18(19)20/h5-12,19,25H,13H2,1-4H3,(H,24,27)/t19-/m0/s1. The molecule has 1 atom stereocenters.